The summed E-state index contributed by atoms with van der Waals surface area (Å²) in [5, 5.41) is 2.71. The Hall–Kier alpha value is -3.58. The van der Waals surface area contributed by atoms with Gasteiger partial charge in [0, 0.05) is 0 Å². The van der Waals surface area contributed by atoms with Crippen molar-refractivity contribution in [1.82, 2.24) is 0 Å². The van der Waals surface area contributed by atoms with Crippen LogP contribution in [0.15, 0.2) is 97.1 Å². The van der Waals surface area contributed by atoms with E-state index >= 15 is 0 Å². The first-order valence-corrected chi connectivity index (χ1v) is 11.6. The Labute approximate surface area is 189 Å². The van der Waals surface area contributed by atoms with Crippen LogP contribution in [0.2, 0.25) is 0 Å². The minimum atomic E-state index is 0.339. The van der Waals surface area contributed by atoms with Crippen molar-refractivity contribution in [2.24, 2.45) is 0 Å². The van der Waals surface area contributed by atoms with E-state index in [4.69, 9.17) is 0 Å². The van der Waals surface area contributed by atoms with Crippen LogP contribution in [0, 0.1) is 6.92 Å². The van der Waals surface area contributed by atoms with Crippen LogP contribution in [0.1, 0.15) is 27.8 Å². The zero-order valence-corrected chi connectivity index (χ0v) is 18.2. The molecule has 5 aromatic carbocycles. The Morgan fingerprint density at radius 3 is 2.03 bits per heavy atom. The first-order valence-electron chi connectivity index (χ1n) is 11.6. The molecule has 0 aliphatic carbocycles. The fourth-order valence-electron chi connectivity index (χ4n) is 6.25. The minimum Gasteiger partial charge on any atom is -0.0667 e. The third-order valence-electron chi connectivity index (χ3n) is 7.62. The molecule has 0 spiro atoms. The molecule has 0 atom stereocenters. The molecule has 0 fully saturated rings. The summed E-state index contributed by atoms with van der Waals surface area (Å²) in [5.74, 6) is 0. The van der Waals surface area contributed by atoms with Gasteiger partial charge in [-0.05, 0) is 69.5 Å². The van der Waals surface area contributed by atoms with E-state index in [0.717, 1.165) is 12.8 Å². The molecule has 1 heteroatoms. The van der Waals surface area contributed by atoms with E-state index < -0.39 is 0 Å². The van der Waals surface area contributed by atoms with Crippen molar-refractivity contribution in [3.05, 3.63) is 125 Å². The molecule has 0 N–H and O–H groups in total. The monoisotopic (exact) mass is 406 g/mol. The van der Waals surface area contributed by atoms with Crippen molar-refractivity contribution in [3.63, 3.8) is 0 Å². The molecule has 0 radical (unpaired) electrons. The third-order valence-corrected chi connectivity index (χ3v) is 7.62. The number of benzene rings is 5. The van der Waals surface area contributed by atoms with Gasteiger partial charge >= 0.3 is 0 Å². The third kappa shape index (κ3) is 2.45. The highest BCUT2D eigenvalue weighted by atomic mass is 14.3. The molecule has 150 valence electrons. The lowest BCUT2D eigenvalue weighted by Crippen LogP contribution is -2.61. The first kappa shape index (κ1) is 18.0. The molecular weight excluding hydrogens is 383 g/mol. The molecule has 0 saturated carbocycles. The Morgan fingerprint density at radius 2 is 1.25 bits per heavy atom. The maximum atomic E-state index is 2.40. The number of rotatable bonds is 1. The number of aryl methyl sites for hydroxylation is 1. The van der Waals surface area contributed by atoms with Gasteiger partial charge in [0.25, 0.3) is 0 Å². The lowest BCUT2D eigenvalue weighted by Gasteiger charge is -2.35. The molecule has 0 nitrogen and oxygen atoms in total. The van der Waals surface area contributed by atoms with Crippen molar-refractivity contribution in [2.75, 3.05) is 0 Å². The summed E-state index contributed by atoms with van der Waals surface area (Å²) in [6.07, 6.45) is 2.04. The van der Waals surface area contributed by atoms with Gasteiger partial charge in [0.15, 0.2) is 0 Å². The molecule has 5 aromatic rings. The smallest absolute Gasteiger partial charge is 0.0667 e. The molecule has 0 unspecified atom stereocenters. The maximum absolute atomic E-state index is 2.40. The van der Waals surface area contributed by atoms with Gasteiger partial charge in [-0.3, -0.25) is 0 Å². The van der Waals surface area contributed by atoms with Crippen LogP contribution >= 0.6 is 0 Å². The molecule has 2 aliphatic heterocycles. The zero-order chi connectivity index (χ0) is 21.2. The summed E-state index contributed by atoms with van der Waals surface area (Å²) in [4.78, 5) is 0. The quantitative estimate of drug-likeness (QED) is 0.331. The highest BCUT2D eigenvalue weighted by molar-refractivity contribution is 6.97. The van der Waals surface area contributed by atoms with Crippen molar-refractivity contribution in [2.45, 2.75) is 19.8 Å². The second-order valence-electron chi connectivity index (χ2n) is 9.33. The van der Waals surface area contributed by atoms with Crippen LogP contribution in [0.4, 0.5) is 0 Å². The van der Waals surface area contributed by atoms with Crippen LogP contribution in [0.3, 0.4) is 0 Å². The molecule has 0 aromatic heterocycles. The molecule has 7 rings (SSSR count). The Bertz CT molecular complexity index is 1530. The lowest BCUT2D eigenvalue weighted by atomic mass is 9.30. The van der Waals surface area contributed by atoms with E-state index in [0.29, 0.717) is 6.71 Å². The second kappa shape index (κ2) is 6.71. The number of fused-ring (bicyclic) bond motifs is 5. The predicted molar refractivity (Wildman–Crippen MR) is 137 cm³/mol. The van der Waals surface area contributed by atoms with Gasteiger partial charge in [0.05, 0.1) is 0 Å². The van der Waals surface area contributed by atoms with Gasteiger partial charge in [0.2, 0.25) is 6.71 Å². The summed E-state index contributed by atoms with van der Waals surface area (Å²) in [6.45, 7) is 2.58. The van der Waals surface area contributed by atoms with Crippen LogP contribution in [-0.4, -0.2) is 6.71 Å². The highest BCUT2D eigenvalue weighted by Crippen LogP contribution is 2.36. The van der Waals surface area contributed by atoms with Crippen molar-refractivity contribution >= 4 is 33.9 Å². The number of hydrogen-bond donors (Lipinski definition) is 0. The van der Waals surface area contributed by atoms with Crippen molar-refractivity contribution < 1.29 is 0 Å². The average molecular weight is 406 g/mol. The summed E-state index contributed by atoms with van der Waals surface area (Å²) in [7, 11) is 0. The van der Waals surface area contributed by atoms with Gasteiger partial charge in [-0.1, -0.05) is 113 Å². The predicted octanol–water partition coefficient (Wildman–Crippen LogP) is 5.14. The SMILES string of the molecule is Cc1cccc2cccc(-c3ccc4c5c3Cc3ccccc3B5c3ccccc3C4)c12. The van der Waals surface area contributed by atoms with Crippen molar-refractivity contribution in [3.8, 4) is 11.1 Å². The Balaban J connectivity index is 1.56. The van der Waals surface area contributed by atoms with Gasteiger partial charge in [0.1, 0.15) is 0 Å². The van der Waals surface area contributed by atoms with E-state index in [2.05, 4.69) is 104 Å². The zero-order valence-electron chi connectivity index (χ0n) is 18.2. The van der Waals surface area contributed by atoms with Gasteiger partial charge in [-0.2, -0.15) is 0 Å². The van der Waals surface area contributed by atoms with E-state index in [1.165, 1.54) is 60.6 Å². The van der Waals surface area contributed by atoms with Crippen LogP contribution in [0.5, 0.6) is 0 Å². The average Bonchev–Trinajstić information content (AvgIpc) is 2.84. The van der Waals surface area contributed by atoms with Crippen LogP contribution < -0.4 is 16.4 Å². The molecular formula is C31H23B. The Morgan fingerprint density at radius 1 is 0.562 bits per heavy atom. The lowest BCUT2D eigenvalue weighted by molar-refractivity contribution is 1.15. The largest absolute Gasteiger partial charge is 0.242 e. The molecule has 2 heterocycles. The normalized spacial score (nSPS) is 13.5. The summed E-state index contributed by atoms with van der Waals surface area (Å²) in [6, 6.07) is 36.4. The summed E-state index contributed by atoms with van der Waals surface area (Å²) < 4.78 is 0. The first-order chi connectivity index (χ1) is 15.8. The molecule has 2 aliphatic rings. The highest BCUT2D eigenvalue weighted by Gasteiger charge is 2.37. The fraction of sp³-hybridized carbons (Fsp3) is 0.0968. The van der Waals surface area contributed by atoms with Crippen LogP contribution in [0.25, 0.3) is 21.9 Å². The standard InChI is InChI=1S/C31H23B/c1-20-8-6-11-21-12-7-13-26(30(20)21)25-17-16-24-18-22-9-2-4-14-28(22)32-29-15-5-3-10-23(29)19-27(25)31(24)32/h2-17H,18-19H2,1H3. The summed E-state index contributed by atoms with van der Waals surface area (Å²) in [5.41, 5.74) is 14.6. The Kier molecular flexibility index (Phi) is 3.78. The fourth-order valence-corrected chi connectivity index (χ4v) is 6.25. The number of hydrogen-bond acceptors (Lipinski definition) is 0. The van der Waals surface area contributed by atoms with E-state index in [9.17, 15) is 0 Å². The van der Waals surface area contributed by atoms with Gasteiger partial charge < -0.3 is 0 Å². The van der Waals surface area contributed by atoms with E-state index in [1.807, 2.05) is 0 Å². The molecule has 0 bridgehead atoms. The molecule has 0 saturated heterocycles. The summed E-state index contributed by atoms with van der Waals surface area (Å²) >= 11 is 0. The van der Waals surface area contributed by atoms with E-state index in [-0.39, 0.29) is 0 Å². The topological polar surface area (TPSA) is 0 Å². The maximum Gasteiger partial charge on any atom is 0.242 e. The van der Waals surface area contributed by atoms with E-state index in [1.54, 1.807) is 5.46 Å². The molecule has 32 heavy (non-hydrogen) atoms. The van der Waals surface area contributed by atoms with Gasteiger partial charge in [-0.25, -0.2) is 0 Å². The minimum absolute atomic E-state index is 0.339. The molecule has 0 amide bonds. The second-order valence-corrected chi connectivity index (χ2v) is 9.33. The van der Waals surface area contributed by atoms with Crippen LogP contribution in [-0.2, 0) is 12.8 Å². The van der Waals surface area contributed by atoms with Crippen molar-refractivity contribution in [1.29, 1.82) is 0 Å². The van der Waals surface area contributed by atoms with Gasteiger partial charge in [-0.15, -0.1) is 0 Å².